The smallest absolute Gasteiger partial charge is 0.284 e. The molecule has 0 radical (unpaired) electrons. The SMILES string of the molecule is CC(=O)N[C@@H](C)C(=O)N(CCC(=O)N(C)C)NSc1ccccc1[N+](=O)[O-]. The highest BCUT2D eigenvalue weighted by atomic mass is 32.2. The minimum Gasteiger partial charge on any atom is -0.349 e. The second-order valence-corrected chi connectivity index (χ2v) is 6.69. The lowest BCUT2D eigenvalue weighted by Crippen LogP contribution is -2.50. The molecule has 0 saturated heterocycles. The molecule has 148 valence electrons. The van der Waals surface area contributed by atoms with Crippen LogP contribution in [0.1, 0.15) is 20.3 Å². The van der Waals surface area contributed by atoms with E-state index in [0.29, 0.717) is 4.90 Å². The third kappa shape index (κ3) is 7.23. The van der Waals surface area contributed by atoms with E-state index in [0.717, 1.165) is 11.9 Å². The third-order valence-electron chi connectivity index (χ3n) is 3.43. The molecular formula is C16H23N5O5S. The van der Waals surface area contributed by atoms with Crippen LogP contribution in [0.4, 0.5) is 5.69 Å². The summed E-state index contributed by atoms with van der Waals surface area (Å²) in [5.41, 5.74) is -0.110. The summed E-state index contributed by atoms with van der Waals surface area (Å²) in [6, 6.07) is 5.25. The van der Waals surface area contributed by atoms with Gasteiger partial charge in [0.2, 0.25) is 11.8 Å². The second-order valence-electron chi connectivity index (χ2n) is 5.87. The molecule has 1 aromatic rings. The maximum absolute atomic E-state index is 12.6. The van der Waals surface area contributed by atoms with Crippen molar-refractivity contribution in [2.24, 2.45) is 0 Å². The number of para-hydroxylation sites is 1. The Bertz CT molecular complexity index is 712. The standard InChI is InChI=1S/C16H23N5O5S/c1-11(17-12(2)22)16(24)20(10-9-15(23)19(3)4)18-27-14-8-6-5-7-13(14)21(25)26/h5-8,11,18H,9-10H2,1-4H3,(H,17,22)/t11-/m0/s1. The molecule has 0 saturated carbocycles. The topological polar surface area (TPSA) is 125 Å². The lowest BCUT2D eigenvalue weighted by molar-refractivity contribution is -0.387. The number of rotatable bonds is 9. The zero-order valence-electron chi connectivity index (χ0n) is 15.6. The fourth-order valence-electron chi connectivity index (χ4n) is 2.03. The molecule has 0 aliphatic carbocycles. The van der Waals surface area contributed by atoms with Gasteiger partial charge in [0.25, 0.3) is 11.6 Å². The molecule has 1 atom stereocenters. The molecule has 3 amide bonds. The van der Waals surface area contributed by atoms with Crippen LogP contribution in [0.2, 0.25) is 0 Å². The molecule has 0 spiro atoms. The van der Waals surface area contributed by atoms with Crippen molar-refractivity contribution in [3.8, 4) is 0 Å². The van der Waals surface area contributed by atoms with Crippen LogP contribution in [-0.4, -0.2) is 59.2 Å². The van der Waals surface area contributed by atoms with Crippen LogP contribution >= 0.6 is 11.9 Å². The van der Waals surface area contributed by atoms with Crippen LogP contribution in [0.3, 0.4) is 0 Å². The molecule has 0 unspecified atom stereocenters. The van der Waals surface area contributed by atoms with Crippen LogP contribution in [0.25, 0.3) is 0 Å². The predicted molar refractivity (Wildman–Crippen MR) is 100 cm³/mol. The zero-order valence-corrected chi connectivity index (χ0v) is 16.4. The highest BCUT2D eigenvalue weighted by molar-refractivity contribution is 7.97. The van der Waals surface area contributed by atoms with Gasteiger partial charge in [0, 0.05) is 40.1 Å². The molecule has 0 aliphatic heterocycles. The molecule has 27 heavy (non-hydrogen) atoms. The maximum Gasteiger partial charge on any atom is 0.284 e. The highest BCUT2D eigenvalue weighted by Gasteiger charge is 2.23. The summed E-state index contributed by atoms with van der Waals surface area (Å²) in [5.74, 6) is -1.02. The third-order valence-corrected chi connectivity index (χ3v) is 4.31. The summed E-state index contributed by atoms with van der Waals surface area (Å²) in [7, 11) is 3.20. The number of benzene rings is 1. The Kier molecular flexibility index (Phi) is 8.69. The fourth-order valence-corrected chi connectivity index (χ4v) is 2.81. The Labute approximate surface area is 161 Å². The molecule has 0 bridgehead atoms. The molecule has 1 rings (SSSR count). The van der Waals surface area contributed by atoms with E-state index in [1.54, 1.807) is 32.3 Å². The van der Waals surface area contributed by atoms with Crippen LogP contribution in [-0.2, 0) is 14.4 Å². The van der Waals surface area contributed by atoms with Gasteiger partial charge in [-0.25, -0.2) is 0 Å². The lowest BCUT2D eigenvalue weighted by Gasteiger charge is -2.26. The van der Waals surface area contributed by atoms with E-state index in [1.807, 2.05) is 0 Å². The first kappa shape index (κ1) is 22.4. The number of carbonyl (C=O) groups is 3. The van der Waals surface area contributed by atoms with Gasteiger partial charge in [0.1, 0.15) is 10.9 Å². The Morgan fingerprint density at radius 2 is 1.89 bits per heavy atom. The monoisotopic (exact) mass is 397 g/mol. The van der Waals surface area contributed by atoms with Gasteiger partial charge in [-0.2, -0.15) is 4.83 Å². The molecular weight excluding hydrogens is 374 g/mol. The van der Waals surface area contributed by atoms with E-state index in [9.17, 15) is 24.5 Å². The van der Waals surface area contributed by atoms with Crippen molar-refractivity contribution in [2.75, 3.05) is 20.6 Å². The number of nitro benzene ring substituents is 1. The van der Waals surface area contributed by atoms with Crippen molar-refractivity contribution in [2.45, 2.75) is 31.2 Å². The normalized spacial score (nSPS) is 11.4. The van der Waals surface area contributed by atoms with Gasteiger partial charge in [-0.15, -0.1) is 0 Å². The van der Waals surface area contributed by atoms with Gasteiger partial charge in [-0.05, 0) is 24.9 Å². The van der Waals surface area contributed by atoms with Crippen molar-refractivity contribution in [1.29, 1.82) is 0 Å². The van der Waals surface area contributed by atoms with Crippen molar-refractivity contribution in [1.82, 2.24) is 20.1 Å². The van der Waals surface area contributed by atoms with E-state index < -0.39 is 16.9 Å². The summed E-state index contributed by atoms with van der Waals surface area (Å²) < 4.78 is 0. The first-order valence-corrected chi connectivity index (χ1v) is 8.89. The fraction of sp³-hybridized carbons (Fsp3) is 0.438. The van der Waals surface area contributed by atoms with Crippen molar-refractivity contribution >= 4 is 35.4 Å². The first-order valence-electron chi connectivity index (χ1n) is 8.08. The Morgan fingerprint density at radius 3 is 2.44 bits per heavy atom. The average molecular weight is 397 g/mol. The highest BCUT2D eigenvalue weighted by Crippen LogP contribution is 2.26. The summed E-state index contributed by atoms with van der Waals surface area (Å²) in [6.45, 7) is 2.84. The molecule has 0 fully saturated rings. The molecule has 0 aromatic heterocycles. The average Bonchev–Trinajstić information content (AvgIpc) is 2.60. The largest absolute Gasteiger partial charge is 0.349 e. The molecule has 0 aliphatic rings. The zero-order chi connectivity index (χ0) is 20.6. The maximum atomic E-state index is 12.6. The van der Waals surface area contributed by atoms with Crippen LogP contribution in [0.15, 0.2) is 29.2 Å². The Balaban J connectivity index is 2.90. The van der Waals surface area contributed by atoms with Gasteiger partial charge in [-0.1, -0.05) is 12.1 Å². The van der Waals surface area contributed by atoms with E-state index in [1.165, 1.54) is 29.8 Å². The van der Waals surface area contributed by atoms with Crippen molar-refractivity contribution < 1.29 is 19.3 Å². The molecule has 2 N–H and O–H groups in total. The molecule has 0 heterocycles. The van der Waals surface area contributed by atoms with Crippen molar-refractivity contribution in [3.05, 3.63) is 34.4 Å². The second kappa shape index (κ2) is 10.5. The summed E-state index contributed by atoms with van der Waals surface area (Å²) in [5, 5.41) is 14.8. The van der Waals surface area contributed by atoms with Crippen LogP contribution in [0, 0.1) is 10.1 Å². The predicted octanol–water partition coefficient (Wildman–Crippen LogP) is 0.938. The molecule has 1 aromatic carbocycles. The number of nitro groups is 1. The number of carbonyl (C=O) groups excluding carboxylic acids is 3. The number of hydrazine groups is 1. The van der Waals surface area contributed by atoms with Crippen LogP contribution < -0.4 is 10.1 Å². The Morgan fingerprint density at radius 1 is 1.26 bits per heavy atom. The Hall–Kier alpha value is -2.66. The number of amides is 3. The van der Waals surface area contributed by atoms with E-state index in [2.05, 4.69) is 10.1 Å². The van der Waals surface area contributed by atoms with Gasteiger partial charge < -0.3 is 10.2 Å². The van der Waals surface area contributed by atoms with E-state index in [-0.39, 0.29) is 30.5 Å². The van der Waals surface area contributed by atoms with Gasteiger partial charge >= 0.3 is 0 Å². The molecule has 11 heteroatoms. The number of nitrogens with zero attached hydrogens (tertiary/aromatic N) is 3. The number of hydrogen-bond donors (Lipinski definition) is 2. The molecule has 10 nitrogen and oxygen atoms in total. The lowest BCUT2D eigenvalue weighted by atomic mass is 10.3. The summed E-state index contributed by atoms with van der Waals surface area (Å²) in [4.78, 5) is 50.6. The number of nitrogens with one attached hydrogen (secondary N) is 2. The minimum atomic E-state index is -0.823. The van der Waals surface area contributed by atoms with Gasteiger partial charge in [0.05, 0.1) is 4.92 Å². The van der Waals surface area contributed by atoms with E-state index >= 15 is 0 Å². The van der Waals surface area contributed by atoms with Gasteiger partial charge in [-0.3, -0.25) is 29.5 Å². The quantitative estimate of drug-likeness (QED) is 0.361. The summed E-state index contributed by atoms with van der Waals surface area (Å²) >= 11 is 0.884. The minimum absolute atomic E-state index is 0.0351. The van der Waals surface area contributed by atoms with Gasteiger partial charge in [0.15, 0.2) is 0 Å². The van der Waals surface area contributed by atoms with Crippen LogP contribution in [0.5, 0.6) is 0 Å². The number of hydrogen-bond acceptors (Lipinski definition) is 7. The van der Waals surface area contributed by atoms with Crippen molar-refractivity contribution in [3.63, 3.8) is 0 Å². The first-order chi connectivity index (χ1) is 12.6. The summed E-state index contributed by atoms with van der Waals surface area (Å²) in [6.07, 6.45) is 0.0516. The van der Waals surface area contributed by atoms with E-state index in [4.69, 9.17) is 0 Å².